The summed E-state index contributed by atoms with van der Waals surface area (Å²) < 4.78 is 18.7. The second kappa shape index (κ2) is 7.34. The molecule has 0 aliphatic heterocycles. The highest BCUT2D eigenvalue weighted by molar-refractivity contribution is 6.31. The first-order valence-corrected chi connectivity index (χ1v) is 6.33. The van der Waals surface area contributed by atoms with E-state index in [1.54, 1.807) is 13.0 Å². The van der Waals surface area contributed by atoms with Crippen molar-refractivity contribution in [3.63, 3.8) is 0 Å². The smallest absolute Gasteiger partial charge is 0.327 e. The van der Waals surface area contributed by atoms with Gasteiger partial charge in [-0.15, -0.1) is 0 Å². The van der Waals surface area contributed by atoms with Gasteiger partial charge in [0.15, 0.2) is 0 Å². The van der Waals surface area contributed by atoms with Crippen LogP contribution in [-0.2, 0) is 9.53 Å². The van der Waals surface area contributed by atoms with Crippen LogP contribution in [0.3, 0.4) is 0 Å². The van der Waals surface area contributed by atoms with E-state index in [-0.39, 0.29) is 17.2 Å². The highest BCUT2D eigenvalue weighted by Gasteiger charge is 2.26. The highest BCUT2D eigenvalue weighted by atomic mass is 35.5. The molecule has 0 radical (unpaired) electrons. The van der Waals surface area contributed by atoms with Crippen molar-refractivity contribution in [3.05, 3.63) is 34.6 Å². The molecule has 1 atom stereocenters. The van der Waals surface area contributed by atoms with E-state index in [4.69, 9.17) is 16.3 Å². The number of hydrogen-bond acceptors (Lipinski definition) is 3. The summed E-state index contributed by atoms with van der Waals surface area (Å²) in [5, 5.41) is 3.17. The third-order valence-electron chi connectivity index (χ3n) is 2.41. The number of carbonyl (C=O) groups excluding carboxylic acids is 1. The van der Waals surface area contributed by atoms with Crippen LogP contribution < -0.4 is 5.32 Å². The molecule has 0 fully saturated rings. The van der Waals surface area contributed by atoms with Gasteiger partial charge in [-0.25, -0.2) is 9.18 Å². The van der Waals surface area contributed by atoms with Crippen molar-refractivity contribution in [1.29, 1.82) is 0 Å². The molecule has 1 rings (SSSR count). The molecule has 3 nitrogen and oxygen atoms in total. The largest absolute Gasteiger partial charge is 0.465 e. The minimum absolute atomic E-state index is 0.145. The average molecular weight is 274 g/mol. The summed E-state index contributed by atoms with van der Waals surface area (Å²) in [6.07, 6.45) is 0.821. The number of halogens is 2. The summed E-state index contributed by atoms with van der Waals surface area (Å²) in [7, 11) is 0. The van der Waals surface area contributed by atoms with Gasteiger partial charge >= 0.3 is 5.97 Å². The Balaban J connectivity index is 3.04. The van der Waals surface area contributed by atoms with Crippen molar-refractivity contribution in [3.8, 4) is 0 Å². The Labute approximate surface area is 111 Å². The van der Waals surface area contributed by atoms with E-state index in [1.807, 2.05) is 6.92 Å². The number of rotatable bonds is 6. The molecule has 1 aromatic carbocycles. The van der Waals surface area contributed by atoms with E-state index in [1.165, 1.54) is 12.1 Å². The Kier molecular flexibility index (Phi) is 6.09. The molecule has 0 aliphatic carbocycles. The van der Waals surface area contributed by atoms with Gasteiger partial charge < -0.3 is 10.1 Å². The van der Waals surface area contributed by atoms with E-state index < -0.39 is 17.8 Å². The topological polar surface area (TPSA) is 38.3 Å². The minimum Gasteiger partial charge on any atom is -0.465 e. The van der Waals surface area contributed by atoms with Crippen LogP contribution in [0.1, 0.15) is 31.9 Å². The molecule has 1 unspecified atom stereocenters. The van der Waals surface area contributed by atoms with Gasteiger partial charge in [-0.1, -0.05) is 24.6 Å². The van der Waals surface area contributed by atoms with Gasteiger partial charge in [0.05, 0.1) is 6.61 Å². The maximum atomic E-state index is 13.8. The summed E-state index contributed by atoms with van der Waals surface area (Å²) in [6.45, 7) is 4.49. The van der Waals surface area contributed by atoms with Gasteiger partial charge in [0.1, 0.15) is 11.9 Å². The molecule has 18 heavy (non-hydrogen) atoms. The van der Waals surface area contributed by atoms with E-state index in [9.17, 15) is 9.18 Å². The predicted molar refractivity (Wildman–Crippen MR) is 69.1 cm³/mol. The first-order chi connectivity index (χ1) is 8.61. The van der Waals surface area contributed by atoms with Gasteiger partial charge in [0, 0.05) is 10.6 Å². The van der Waals surface area contributed by atoms with Crippen LogP contribution in [0.25, 0.3) is 0 Å². The Bertz CT molecular complexity index is 392. The second-order valence-corrected chi connectivity index (χ2v) is 4.18. The number of hydrogen-bond donors (Lipinski definition) is 1. The van der Waals surface area contributed by atoms with Crippen molar-refractivity contribution in [1.82, 2.24) is 5.32 Å². The zero-order valence-electron chi connectivity index (χ0n) is 10.5. The molecule has 0 amide bonds. The van der Waals surface area contributed by atoms with Crippen LogP contribution >= 0.6 is 11.6 Å². The van der Waals surface area contributed by atoms with E-state index >= 15 is 0 Å². The fraction of sp³-hybridized carbons (Fsp3) is 0.462. The molecule has 100 valence electrons. The first kappa shape index (κ1) is 14.9. The molecule has 0 aliphatic rings. The summed E-state index contributed by atoms with van der Waals surface area (Å²) in [5.74, 6) is -1.03. The van der Waals surface area contributed by atoms with Crippen molar-refractivity contribution in [2.45, 2.75) is 26.3 Å². The molecule has 0 bridgehead atoms. The SMILES string of the molecule is CCCNC(C(=O)OCC)c1c(F)cccc1Cl. The quantitative estimate of drug-likeness (QED) is 0.810. The number of benzene rings is 1. The standard InChI is InChI=1S/C13H17ClFNO2/c1-3-8-16-12(13(17)18-4-2)11-9(14)6-5-7-10(11)15/h5-7,12,16H,3-4,8H2,1-2H3. The minimum atomic E-state index is -0.862. The summed E-state index contributed by atoms with van der Waals surface area (Å²) in [6, 6.07) is 3.47. The molecule has 0 aromatic heterocycles. The summed E-state index contributed by atoms with van der Waals surface area (Å²) in [5.41, 5.74) is 0.145. The Morgan fingerprint density at radius 1 is 1.50 bits per heavy atom. The predicted octanol–water partition coefficient (Wildman–Crippen LogP) is 3.08. The van der Waals surface area contributed by atoms with Crippen LogP contribution in [-0.4, -0.2) is 19.1 Å². The van der Waals surface area contributed by atoms with E-state index in [0.29, 0.717) is 6.54 Å². The van der Waals surface area contributed by atoms with Gasteiger partial charge in [0.25, 0.3) is 0 Å². The lowest BCUT2D eigenvalue weighted by atomic mass is 10.1. The second-order valence-electron chi connectivity index (χ2n) is 3.77. The molecule has 0 spiro atoms. The zero-order chi connectivity index (χ0) is 13.5. The fourth-order valence-electron chi connectivity index (χ4n) is 1.60. The average Bonchev–Trinajstić information content (AvgIpc) is 2.33. The van der Waals surface area contributed by atoms with Gasteiger partial charge in [-0.05, 0) is 32.0 Å². The fourth-order valence-corrected chi connectivity index (χ4v) is 1.88. The van der Waals surface area contributed by atoms with Crippen molar-refractivity contribution in [2.75, 3.05) is 13.2 Å². The highest BCUT2D eigenvalue weighted by Crippen LogP contribution is 2.26. The number of esters is 1. The van der Waals surface area contributed by atoms with Crippen LogP contribution in [0.15, 0.2) is 18.2 Å². The zero-order valence-corrected chi connectivity index (χ0v) is 11.3. The Hall–Kier alpha value is -1.13. The van der Waals surface area contributed by atoms with E-state index in [2.05, 4.69) is 5.32 Å². The molecule has 5 heteroatoms. The lowest BCUT2D eigenvalue weighted by molar-refractivity contribution is -0.145. The normalized spacial score (nSPS) is 12.2. The maximum absolute atomic E-state index is 13.8. The molecule has 1 aromatic rings. The van der Waals surface area contributed by atoms with E-state index in [0.717, 1.165) is 6.42 Å². The molecular weight excluding hydrogens is 257 g/mol. The van der Waals surface area contributed by atoms with Crippen molar-refractivity contribution < 1.29 is 13.9 Å². The molecule has 0 saturated heterocycles. The third-order valence-corrected chi connectivity index (χ3v) is 2.74. The number of nitrogens with one attached hydrogen (secondary N) is 1. The number of carbonyl (C=O) groups is 1. The van der Waals surface area contributed by atoms with Crippen LogP contribution in [0, 0.1) is 5.82 Å². The van der Waals surface area contributed by atoms with Crippen LogP contribution in [0.5, 0.6) is 0 Å². The Morgan fingerprint density at radius 2 is 2.22 bits per heavy atom. The Morgan fingerprint density at radius 3 is 2.78 bits per heavy atom. The summed E-state index contributed by atoms with van der Waals surface area (Å²) >= 11 is 5.96. The van der Waals surface area contributed by atoms with Crippen molar-refractivity contribution >= 4 is 17.6 Å². The number of ether oxygens (including phenoxy) is 1. The third kappa shape index (κ3) is 3.68. The van der Waals surface area contributed by atoms with Crippen LogP contribution in [0.4, 0.5) is 4.39 Å². The molecule has 0 saturated carbocycles. The van der Waals surface area contributed by atoms with Gasteiger partial charge in [-0.2, -0.15) is 0 Å². The molecule has 1 N–H and O–H groups in total. The molecule has 0 heterocycles. The molecular formula is C13H17ClFNO2. The van der Waals surface area contributed by atoms with Crippen molar-refractivity contribution in [2.24, 2.45) is 0 Å². The first-order valence-electron chi connectivity index (χ1n) is 5.95. The summed E-state index contributed by atoms with van der Waals surface area (Å²) in [4.78, 5) is 11.8. The van der Waals surface area contributed by atoms with Gasteiger partial charge in [0.2, 0.25) is 0 Å². The maximum Gasteiger partial charge on any atom is 0.327 e. The lowest BCUT2D eigenvalue weighted by Gasteiger charge is -2.19. The monoisotopic (exact) mass is 273 g/mol. The van der Waals surface area contributed by atoms with Gasteiger partial charge in [-0.3, -0.25) is 0 Å². The lowest BCUT2D eigenvalue weighted by Crippen LogP contribution is -2.31. The van der Waals surface area contributed by atoms with Crippen LogP contribution in [0.2, 0.25) is 5.02 Å².